The molecule has 1 saturated heterocycles. The fourth-order valence-electron chi connectivity index (χ4n) is 5.12. The van der Waals surface area contributed by atoms with E-state index in [4.69, 9.17) is 9.47 Å². The number of methoxy groups -OCH3 is 1. The average Bonchev–Trinajstić information content (AvgIpc) is 2.96. The number of anilines is 1. The number of carbonyl (C=O) groups is 1. The summed E-state index contributed by atoms with van der Waals surface area (Å²) in [5.74, 6) is 0.560. The van der Waals surface area contributed by atoms with Gasteiger partial charge in [-0.05, 0) is 85.9 Å². The highest BCUT2D eigenvalue weighted by Gasteiger charge is 2.37. The average molecular weight is 550 g/mol. The molecule has 206 valence electrons. The zero-order chi connectivity index (χ0) is 27.4. The van der Waals surface area contributed by atoms with Crippen LogP contribution in [0.25, 0.3) is 0 Å². The molecule has 0 aromatic heterocycles. The Balaban J connectivity index is 1.31. The number of rotatable bonds is 8. The minimum Gasteiger partial charge on any atom is -0.497 e. The number of aryl methyl sites for hydroxylation is 1. The number of sulfonamides is 1. The van der Waals surface area contributed by atoms with Crippen LogP contribution in [0.1, 0.15) is 36.0 Å². The van der Waals surface area contributed by atoms with Crippen molar-refractivity contribution in [3.05, 3.63) is 83.4 Å². The molecule has 3 aromatic rings. The van der Waals surface area contributed by atoms with Crippen molar-refractivity contribution in [3.8, 4) is 11.5 Å². The molecule has 2 aliphatic heterocycles. The molecule has 8 nitrogen and oxygen atoms in total. The topological polar surface area (TPSA) is 88.2 Å². The number of amides is 1. The predicted molar refractivity (Wildman–Crippen MR) is 151 cm³/mol. The Morgan fingerprint density at radius 2 is 1.74 bits per heavy atom. The summed E-state index contributed by atoms with van der Waals surface area (Å²) in [5, 5.41) is 2.96. The molecule has 2 heterocycles. The van der Waals surface area contributed by atoms with Crippen LogP contribution in [-0.4, -0.2) is 52.1 Å². The van der Waals surface area contributed by atoms with E-state index in [9.17, 15) is 13.2 Å². The van der Waals surface area contributed by atoms with E-state index in [2.05, 4.69) is 22.3 Å². The number of nitrogens with zero attached hydrogens (tertiary/aromatic N) is 2. The molecule has 3 aromatic carbocycles. The third-order valence-corrected chi connectivity index (χ3v) is 9.03. The van der Waals surface area contributed by atoms with Crippen molar-refractivity contribution >= 4 is 21.6 Å². The van der Waals surface area contributed by atoms with Gasteiger partial charge in [0.1, 0.15) is 11.5 Å². The largest absolute Gasteiger partial charge is 0.497 e. The van der Waals surface area contributed by atoms with Crippen molar-refractivity contribution in [2.24, 2.45) is 0 Å². The number of carbonyl (C=O) groups excluding carboxylic acids is 1. The highest BCUT2D eigenvalue weighted by molar-refractivity contribution is 7.92. The first-order chi connectivity index (χ1) is 18.8. The Kier molecular flexibility index (Phi) is 8.09. The molecular weight excluding hydrogens is 514 g/mol. The van der Waals surface area contributed by atoms with Gasteiger partial charge < -0.3 is 14.8 Å². The third kappa shape index (κ3) is 6.20. The van der Waals surface area contributed by atoms with Crippen molar-refractivity contribution < 1.29 is 22.7 Å². The van der Waals surface area contributed by atoms with Crippen LogP contribution in [0.2, 0.25) is 0 Å². The van der Waals surface area contributed by atoms with Crippen LogP contribution in [0.4, 0.5) is 5.69 Å². The van der Waals surface area contributed by atoms with Crippen LogP contribution in [0.3, 0.4) is 0 Å². The maximum Gasteiger partial charge on any atom is 0.264 e. The van der Waals surface area contributed by atoms with E-state index in [-0.39, 0.29) is 17.3 Å². The van der Waals surface area contributed by atoms with Crippen molar-refractivity contribution in [1.29, 1.82) is 0 Å². The van der Waals surface area contributed by atoms with Gasteiger partial charge in [-0.2, -0.15) is 0 Å². The van der Waals surface area contributed by atoms with E-state index in [1.54, 1.807) is 24.3 Å². The molecular formula is C30H35N3O5S. The number of hydrogen-bond acceptors (Lipinski definition) is 6. The van der Waals surface area contributed by atoms with Gasteiger partial charge in [-0.1, -0.05) is 36.8 Å². The zero-order valence-electron chi connectivity index (χ0n) is 22.4. The lowest BCUT2D eigenvalue weighted by atomic mass is 10.1. The Bertz CT molecular complexity index is 1420. The Hall–Kier alpha value is -3.56. The molecule has 39 heavy (non-hydrogen) atoms. The normalized spacial score (nSPS) is 17.7. The van der Waals surface area contributed by atoms with E-state index < -0.39 is 16.1 Å². The number of likely N-dealkylation sites (tertiary alicyclic amines) is 1. The minimum absolute atomic E-state index is 0.112. The minimum atomic E-state index is -3.95. The summed E-state index contributed by atoms with van der Waals surface area (Å²) < 4.78 is 39.8. The number of piperidine rings is 1. The summed E-state index contributed by atoms with van der Waals surface area (Å²) in [6, 6.07) is 19.8. The molecule has 1 N–H and O–H groups in total. The molecule has 0 bridgehead atoms. The monoisotopic (exact) mass is 549 g/mol. The van der Waals surface area contributed by atoms with Crippen molar-refractivity contribution in [2.75, 3.05) is 31.0 Å². The van der Waals surface area contributed by atoms with Crippen molar-refractivity contribution in [2.45, 2.75) is 50.3 Å². The summed E-state index contributed by atoms with van der Waals surface area (Å²) in [5.41, 5.74) is 3.53. The molecule has 5 rings (SSSR count). The smallest absolute Gasteiger partial charge is 0.264 e. The Morgan fingerprint density at radius 1 is 1.00 bits per heavy atom. The SMILES string of the molecule is COc1ccc(S(=O)(=O)N2C[C@H](C(=O)NCc3cccc(CN4CCCCC4)c3)Oc3cc(C)ccc32)cc1. The second-order valence-electron chi connectivity index (χ2n) is 10.2. The lowest BCUT2D eigenvalue weighted by molar-refractivity contribution is -0.127. The van der Waals surface area contributed by atoms with Gasteiger partial charge in [0, 0.05) is 13.1 Å². The van der Waals surface area contributed by atoms with E-state index in [0.29, 0.717) is 23.7 Å². The van der Waals surface area contributed by atoms with Gasteiger partial charge in [-0.15, -0.1) is 0 Å². The van der Waals surface area contributed by atoms with E-state index >= 15 is 0 Å². The van der Waals surface area contributed by atoms with Crippen LogP contribution in [0, 0.1) is 6.92 Å². The lowest BCUT2D eigenvalue weighted by Gasteiger charge is -2.35. The van der Waals surface area contributed by atoms with E-state index in [1.165, 1.54) is 48.4 Å². The van der Waals surface area contributed by atoms with E-state index in [1.807, 2.05) is 25.1 Å². The molecule has 0 unspecified atom stereocenters. The summed E-state index contributed by atoms with van der Waals surface area (Å²) in [6.07, 6.45) is 2.79. The van der Waals surface area contributed by atoms with Crippen LogP contribution in [0.15, 0.2) is 71.6 Å². The maximum atomic E-state index is 13.7. The maximum absolute atomic E-state index is 13.7. The van der Waals surface area contributed by atoms with Crippen LogP contribution in [-0.2, 0) is 27.9 Å². The Labute approximate surface area is 230 Å². The standard InChI is InChI=1S/C30H35N3O5S/c1-22-9-14-27-28(17-22)38-29(21-33(27)39(35,36)26-12-10-25(37-2)11-13-26)30(34)31-19-23-7-6-8-24(18-23)20-32-15-4-3-5-16-32/h6-14,17-18,29H,3-5,15-16,19-21H2,1-2H3,(H,31,34)/t29-/m1/s1. The summed E-state index contributed by atoms with van der Waals surface area (Å²) in [7, 11) is -2.43. The highest BCUT2D eigenvalue weighted by atomic mass is 32.2. The lowest BCUT2D eigenvalue weighted by Crippen LogP contribution is -2.50. The molecule has 0 saturated carbocycles. The number of benzene rings is 3. The van der Waals surface area contributed by atoms with Gasteiger partial charge in [0.2, 0.25) is 0 Å². The second-order valence-corrected chi connectivity index (χ2v) is 12.0. The van der Waals surface area contributed by atoms with Crippen LogP contribution >= 0.6 is 0 Å². The molecule has 1 fully saturated rings. The predicted octanol–water partition coefficient (Wildman–Crippen LogP) is 4.26. The number of hydrogen-bond donors (Lipinski definition) is 1. The van der Waals surface area contributed by atoms with Crippen molar-refractivity contribution in [3.63, 3.8) is 0 Å². The second kappa shape index (κ2) is 11.7. The van der Waals surface area contributed by atoms with Gasteiger partial charge in [0.15, 0.2) is 6.10 Å². The first kappa shape index (κ1) is 27.0. The fraction of sp³-hybridized carbons (Fsp3) is 0.367. The molecule has 0 radical (unpaired) electrons. The number of nitrogens with one attached hydrogen (secondary N) is 1. The van der Waals surface area contributed by atoms with Crippen LogP contribution < -0.4 is 19.1 Å². The van der Waals surface area contributed by atoms with Gasteiger partial charge in [-0.25, -0.2) is 8.42 Å². The first-order valence-electron chi connectivity index (χ1n) is 13.4. The molecule has 0 spiro atoms. The van der Waals surface area contributed by atoms with Gasteiger partial charge in [0.25, 0.3) is 15.9 Å². The number of fused-ring (bicyclic) bond motifs is 1. The van der Waals surface area contributed by atoms with Crippen LogP contribution in [0.5, 0.6) is 11.5 Å². The summed E-state index contributed by atoms with van der Waals surface area (Å²) in [4.78, 5) is 15.9. The molecule has 1 amide bonds. The molecule has 2 aliphatic rings. The van der Waals surface area contributed by atoms with Gasteiger partial charge >= 0.3 is 0 Å². The van der Waals surface area contributed by atoms with Crippen molar-refractivity contribution in [1.82, 2.24) is 10.2 Å². The molecule has 0 aliphatic carbocycles. The summed E-state index contributed by atoms with van der Waals surface area (Å²) in [6.45, 7) is 5.24. The Morgan fingerprint density at radius 3 is 2.49 bits per heavy atom. The zero-order valence-corrected chi connectivity index (χ0v) is 23.2. The molecule has 9 heteroatoms. The molecule has 1 atom stereocenters. The number of ether oxygens (including phenoxy) is 2. The quantitative estimate of drug-likeness (QED) is 0.452. The summed E-state index contributed by atoms with van der Waals surface area (Å²) >= 11 is 0. The van der Waals surface area contributed by atoms with Gasteiger partial charge in [-0.3, -0.25) is 14.0 Å². The highest BCUT2D eigenvalue weighted by Crippen LogP contribution is 2.38. The van der Waals surface area contributed by atoms with Gasteiger partial charge in [0.05, 0.1) is 24.2 Å². The third-order valence-electron chi connectivity index (χ3n) is 7.24. The fourth-order valence-corrected chi connectivity index (χ4v) is 6.59. The first-order valence-corrected chi connectivity index (χ1v) is 14.8. The van der Waals surface area contributed by atoms with E-state index in [0.717, 1.165) is 30.8 Å².